The molecule has 1 heterocycles. The average Bonchev–Trinajstić information content (AvgIpc) is 2.57. The van der Waals surface area contributed by atoms with E-state index in [2.05, 4.69) is 5.10 Å². The predicted octanol–water partition coefficient (Wildman–Crippen LogP) is 3.32. The summed E-state index contributed by atoms with van der Waals surface area (Å²) in [5.74, 6) is -2.06. The summed E-state index contributed by atoms with van der Waals surface area (Å²) in [5, 5.41) is 14.2. The molecule has 0 fully saturated rings. The molecule has 0 bridgehead atoms. The maximum absolute atomic E-state index is 13.2. The second kappa shape index (κ2) is 7.81. The van der Waals surface area contributed by atoms with Crippen LogP contribution < -0.4 is 5.56 Å². The van der Waals surface area contributed by atoms with Gasteiger partial charge in [-0.3, -0.25) is 4.79 Å². The van der Waals surface area contributed by atoms with Gasteiger partial charge >= 0.3 is 12.1 Å². The lowest BCUT2D eigenvalue weighted by Crippen LogP contribution is -2.32. The number of aromatic hydroxyl groups is 1. The van der Waals surface area contributed by atoms with E-state index in [-0.39, 0.29) is 23.8 Å². The van der Waals surface area contributed by atoms with Gasteiger partial charge in [0.1, 0.15) is 5.69 Å². The third-order valence-electron chi connectivity index (χ3n) is 3.83. The summed E-state index contributed by atoms with van der Waals surface area (Å²) in [4.78, 5) is 24.7. The van der Waals surface area contributed by atoms with Crippen LogP contribution in [0.15, 0.2) is 29.1 Å². The van der Waals surface area contributed by atoms with E-state index in [9.17, 15) is 27.9 Å². The van der Waals surface area contributed by atoms with Crippen LogP contribution in [0.25, 0.3) is 0 Å². The van der Waals surface area contributed by atoms with Gasteiger partial charge in [0.2, 0.25) is 0 Å². The summed E-state index contributed by atoms with van der Waals surface area (Å²) in [7, 11) is 0. The first-order valence-electron chi connectivity index (χ1n) is 8.24. The highest BCUT2D eigenvalue weighted by atomic mass is 19.4. The Morgan fingerprint density at radius 1 is 1.30 bits per heavy atom. The number of ether oxygens (including phenoxy) is 1. The first kappa shape index (κ1) is 20.5. The number of carbonyl (C=O) groups excluding carboxylic acids is 1. The monoisotopic (exact) mass is 384 g/mol. The quantitative estimate of drug-likeness (QED) is 0.800. The van der Waals surface area contributed by atoms with E-state index in [4.69, 9.17) is 4.74 Å². The van der Waals surface area contributed by atoms with Gasteiger partial charge in [0.25, 0.3) is 5.56 Å². The molecule has 9 heteroatoms. The number of carbonyl (C=O) groups is 1. The Bertz CT molecular complexity index is 904. The van der Waals surface area contributed by atoms with Crippen LogP contribution in [-0.4, -0.2) is 27.5 Å². The zero-order chi connectivity index (χ0) is 20.4. The van der Waals surface area contributed by atoms with Crippen molar-refractivity contribution in [3.05, 3.63) is 57.0 Å². The minimum atomic E-state index is -4.61. The van der Waals surface area contributed by atoms with Crippen molar-refractivity contribution in [2.75, 3.05) is 6.61 Å². The van der Waals surface area contributed by atoms with E-state index < -0.39 is 41.1 Å². The summed E-state index contributed by atoms with van der Waals surface area (Å²) in [5.41, 5.74) is -2.74. The van der Waals surface area contributed by atoms with Crippen LogP contribution in [0.2, 0.25) is 0 Å². The molecule has 0 amide bonds. The lowest BCUT2D eigenvalue weighted by atomic mass is 10.1. The molecule has 146 valence electrons. The Hall–Kier alpha value is -2.84. The molecule has 0 atom stereocenters. The number of hydrogen-bond donors (Lipinski definition) is 1. The van der Waals surface area contributed by atoms with Crippen LogP contribution >= 0.6 is 0 Å². The van der Waals surface area contributed by atoms with Gasteiger partial charge in [-0.1, -0.05) is 32.0 Å². The predicted molar refractivity (Wildman–Crippen MR) is 90.8 cm³/mol. The highest BCUT2D eigenvalue weighted by Gasteiger charge is 2.33. The molecule has 0 unspecified atom stereocenters. The molecule has 0 aliphatic rings. The highest BCUT2D eigenvalue weighted by Crippen LogP contribution is 2.32. The smallest absolute Gasteiger partial charge is 0.416 e. The second-order valence-electron chi connectivity index (χ2n) is 6.10. The number of esters is 1. The minimum absolute atomic E-state index is 0.0159. The first-order valence-corrected chi connectivity index (χ1v) is 8.24. The minimum Gasteiger partial charge on any atom is -0.505 e. The maximum Gasteiger partial charge on any atom is 0.416 e. The molecule has 0 aliphatic carbocycles. The van der Waals surface area contributed by atoms with Crippen molar-refractivity contribution in [2.45, 2.75) is 39.4 Å². The van der Waals surface area contributed by atoms with Crippen molar-refractivity contribution in [1.82, 2.24) is 9.78 Å². The molecule has 0 aliphatic heterocycles. The van der Waals surface area contributed by atoms with E-state index in [1.54, 1.807) is 13.8 Å². The van der Waals surface area contributed by atoms with Gasteiger partial charge in [-0.05, 0) is 18.6 Å². The van der Waals surface area contributed by atoms with E-state index in [1.807, 2.05) is 0 Å². The summed E-state index contributed by atoms with van der Waals surface area (Å²) < 4.78 is 45.2. The average molecular weight is 384 g/mol. The highest BCUT2D eigenvalue weighted by molar-refractivity contribution is 5.92. The summed E-state index contributed by atoms with van der Waals surface area (Å²) in [6, 6.07) is 4.77. The van der Waals surface area contributed by atoms with Crippen LogP contribution in [0.4, 0.5) is 13.2 Å². The molecule has 0 saturated carbocycles. The molecule has 1 N–H and O–H groups in total. The molecule has 1 aromatic heterocycles. The van der Waals surface area contributed by atoms with Gasteiger partial charge in [-0.25, -0.2) is 9.48 Å². The SMILES string of the molecule is CCOC(=O)c1c(O)c(C(C)C)nn(Cc2ccccc2C(F)(F)F)c1=O. The van der Waals surface area contributed by atoms with E-state index in [1.165, 1.54) is 25.1 Å². The number of nitrogens with zero attached hydrogens (tertiary/aromatic N) is 2. The van der Waals surface area contributed by atoms with Crippen LogP contribution in [0.1, 0.15) is 53.9 Å². The normalized spacial score (nSPS) is 11.7. The third kappa shape index (κ3) is 4.29. The zero-order valence-corrected chi connectivity index (χ0v) is 15.0. The largest absolute Gasteiger partial charge is 0.505 e. The molecular weight excluding hydrogens is 365 g/mol. The number of halogens is 3. The first-order chi connectivity index (χ1) is 12.6. The number of rotatable bonds is 5. The number of alkyl halides is 3. The van der Waals surface area contributed by atoms with Crippen molar-refractivity contribution < 1.29 is 27.8 Å². The Labute approximate surface area is 153 Å². The van der Waals surface area contributed by atoms with Crippen LogP contribution in [-0.2, 0) is 17.5 Å². The number of hydrogen-bond acceptors (Lipinski definition) is 5. The summed E-state index contributed by atoms with van der Waals surface area (Å²) >= 11 is 0. The van der Waals surface area contributed by atoms with E-state index in [0.29, 0.717) is 0 Å². The fraction of sp³-hybridized carbons (Fsp3) is 0.389. The van der Waals surface area contributed by atoms with Crippen molar-refractivity contribution >= 4 is 5.97 Å². The van der Waals surface area contributed by atoms with Gasteiger partial charge < -0.3 is 9.84 Å². The molecule has 2 aromatic rings. The Kier molecular flexibility index (Phi) is 5.92. The molecular formula is C18H19F3N2O4. The van der Waals surface area contributed by atoms with E-state index in [0.717, 1.165) is 10.7 Å². The third-order valence-corrected chi connectivity index (χ3v) is 3.83. The van der Waals surface area contributed by atoms with Gasteiger partial charge in [-0.2, -0.15) is 18.3 Å². The molecule has 6 nitrogen and oxygen atoms in total. The second-order valence-corrected chi connectivity index (χ2v) is 6.10. The van der Waals surface area contributed by atoms with Crippen molar-refractivity contribution in [2.24, 2.45) is 0 Å². The van der Waals surface area contributed by atoms with Crippen molar-refractivity contribution in [3.63, 3.8) is 0 Å². The lowest BCUT2D eigenvalue weighted by Gasteiger charge is -2.16. The fourth-order valence-electron chi connectivity index (χ4n) is 2.56. The molecule has 0 saturated heterocycles. The van der Waals surface area contributed by atoms with Crippen molar-refractivity contribution in [3.8, 4) is 5.75 Å². The van der Waals surface area contributed by atoms with Gasteiger partial charge in [0.15, 0.2) is 11.3 Å². The molecule has 27 heavy (non-hydrogen) atoms. The molecule has 1 aromatic carbocycles. The topological polar surface area (TPSA) is 81.4 Å². The Morgan fingerprint density at radius 3 is 2.48 bits per heavy atom. The van der Waals surface area contributed by atoms with Crippen molar-refractivity contribution in [1.29, 1.82) is 0 Å². The maximum atomic E-state index is 13.2. The zero-order valence-electron chi connectivity index (χ0n) is 15.0. The summed E-state index contributed by atoms with van der Waals surface area (Å²) in [6.45, 7) is 4.30. The van der Waals surface area contributed by atoms with Gasteiger partial charge in [-0.15, -0.1) is 0 Å². The molecule has 0 radical (unpaired) electrons. The number of benzene rings is 1. The Morgan fingerprint density at radius 2 is 1.93 bits per heavy atom. The molecule has 0 spiro atoms. The van der Waals surface area contributed by atoms with Crippen LogP contribution in [0.3, 0.4) is 0 Å². The van der Waals surface area contributed by atoms with Gasteiger partial charge in [0.05, 0.1) is 18.7 Å². The van der Waals surface area contributed by atoms with Crippen LogP contribution in [0.5, 0.6) is 5.75 Å². The standard InChI is InChI=1S/C18H19F3N2O4/c1-4-27-17(26)13-15(24)14(10(2)3)22-23(16(13)25)9-11-7-5-6-8-12(11)18(19,20)21/h5-8,10,24H,4,9H2,1-3H3. The lowest BCUT2D eigenvalue weighted by molar-refractivity contribution is -0.138. The summed E-state index contributed by atoms with van der Waals surface area (Å²) in [6.07, 6.45) is -4.61. The fourth-order valence-corrected chi connectivity index (χ4v) is 2.56. The van der Waals surface area contributed by atoms with E-state index >= 15 is 0 Å². The van der Waals surface area contributed by atoms with Crippen LogP contribution in [0, 0.1) is 0 Å². The molecule has 2 rings (SSSR count). The number of aromatic nitrogens is 2. The van der Waals surface area contributed by atoms with Gasteiger partial charge in [0, 0.05) is 5.92 Å². The Balaban J connectivity index is 2.65.